The van der Waals surface area contributed by atoms with Crippen molar-refractivity contribution in [3.8, 4) is 22.3 Å². The summed E-state index contributed by atoms with van der Waals surface area (Å²) in [6.45, 7) is 0. The molecule has 0 aromatic heterocycles. The van der Waals surface area contributed by atoms with Crippen molar-refractivity contribution >= 4 is 53.9 Å². The maximum atomic E-state index is 14.4. The van der Waals surface area contributed by atoms with E-state index >= 15 is 0 Å². The molecular weight excluding hydrogens is 412 g/mol. The maximum absolute atomic E-state index is 14.4. The highest BCUT2D eigenvalue weighted by Crippen LogP contribution is 2.48. The van der Waals surface area contributed by atoms with Crippen LogP contribution in [0.1, 0.15) is 0 Å². The van der Waals surface area contributed by atoms with E-state index in [1.807, 2.05) is 24.3 Å². The fourth-order valence-electron chi connectivity index (χ4n) is 6.15. The molecule has 8 aromatic rings. The van der Waals surface area contributed by atoms with Gasteiger partial charge in [-0.3, -0.25) is 4.79 Å². The fraction of sp³-hybridized carbons (Fsp3) is 0. The van der Waals surface area contributed by atoms with Crippen molar-refractivity contribution in [1.82, 2.24) is 0 Å². The quantitative estimate of drug-likeness (QED) is 0.251. The smallest absolute Gasteiger partial charge is 0.195 e. The van der Waals surface area contributed by atoms with E-state index < -0.39 is 0 Å². The minimum Gasteiger partial charge on any atom is -0.289 e. The van der Waals surface area contributed by atoms with Crippen LogP contribution in [-0.2, 0) is 0 Å². The van der Waals surface area contributed by atoms with Crippen molar-refractivity contribution in [3.05, 3.63) is 119 Å². The second-order valence-electron chi connectivity index (χ2n) is 9.21. The first-order valence-corrected chi connectivity index (χ1v) is 11.7. The number of benzene rings is 6. The fourth-order valence-corrected chi connectivity index (χ4v) is 6.15. The number of fused-ring (bicyclic) bond motifs is 3. The minimum atomic E-state index is 0.125. The van der Waals surface area contributed by atoms with E-state index in [-0.39, 0.29) is 5.43 Å². The van der Waals surface area contributed by atoms with Crippen LogP contribution in [0.15, 0.2) is 114 Å². The SMILES string of the molecule is O=c1c(-c2ccccc2)c2ccc3cccc4cc5c6ccc(-c7ccccc7)c6c1c5c2c34. The van der Waals surface area contributed by atoms with Gasteiger partial charge in [0.15, 0.2) is 5.43 Å². The van der Waals surface area contributed by atoms with Gasteiger partial charge in [-0.15, -0.1) is 0 Å². The Hall–Kier alpha value is -4.49. The number of hydrogen-bond acceptors (Lipinski definition) is 1. The molecule has 0 aliphatic carbocycles. The molecule has 0 unspecified atom stereocenters. The van der Waals surface area contributed by atoms with Crippen molar-refractivity contribution in [3.63, 3.8) is 0 Å². The molecule has 0 bridgehead atoms. The first kappa shape index (κ1) is 18.0. The van der Waals surface area contributed by atoms with Gasteiger partial charge in [0, 0.05) is 21.7 Å². The molecule has 0 fully saturated rings. The van der Waals surface area contributed by atoms with Gasteiger partial charge in [-0.1, -0.05) is 103 Å². The van der Waals surface area contributed by atoms with Gasteiger partial charge < -0.3 is 0 Å². The Bertz CT molecular complexity index is 2050. The van der Waals surface area contributed by atoms with Crippen LogP contribution in [0.3, 0.4) is 0 Å². The van der Waals surface area contributed by atoms with Gasteiger partial charge >= 0.3 is 0 Å². The summed E-state index contributed by atoms with van der Waals surface area (Å²) in [5.74, 6) is 0. The topological polar surface area (TPSA) is 17.1 Å². The van der Waals surface area contributed by atoms with E-state index in [1.165, 1.54) is 32.3 Å². The number of hydrogen-bond donors (Lipinski definition) is 0. The van der Waals surface area contributed by atoms with Gasteiger partial charge in [-0.05, 0) is 60.5 Å². The highest BCUT2D eigenvalue weighted by molar-refractivity contribution is 6.42. The Balaban J connectivity index is 1.72. The lowest BCUT2D eigenvalue weighted by atomic mass is 9.87. The van der Waals surface area contributed by atoms with E-state index in [2.05, 4.69) is 84.9 Å². The third kappa shape index (κ3) is 2.12. The molecule has 0 aliphatic rings. The van der Waals surface area contributed by atoms with Crippen molar-refractivity contribution in [2.75, 3.05) is 0 Å². The largest absolute Gasteiger partial charge is 0.289 e. The molecule has 8 rings (SSSR count). The monoisotopic (exact) mass is 430 g/mol. The molecule has 0 aliphatic heterocycles. The average molecular weight is 431 g/mol. The first-order chi connectivity index (χ1) is 16.8. The van der Waals surface area contributed by atoms with Crippen LogP contribution in [0.4, 0.5) is 0 Å². The summed E-state index contributed by atoms with van der Waals surface area (Å²) >= 11 is 0. The van der Waals surface area contributed by atoms with Crippen molar-refractivity contribution < 1.29 is 0 Å². The van der Waals surface area contributed by atoms with E-state index in [9.17, 15) is 4.79 Å². The van der Waals surface area contributed by atoms with Crippen molar-refractivity contribution in [2.24, 2.45) is 0 Å². The van der Waals surface area contributed by atoms with E-state index in [1.54, 1.807) is 0 Å². The summed E-state index contributed by atoms with van der Waals surface area (Å²) in [6.07, 6.45) is 0. The molecule has 0 saturated carbocycles. The van der Waals surface area contributed by atoms with Crippen LogP contribution >= 0.6 is 0 Å². The van der Waals surface area contributed by atoms with Gasteiger partial charge in [0.05, 0.1) is 0 Å². The summed E-state index contributed by atoms with van der Waals surface area (Å²) in [5.41, 5.74) is 4.19. The molecule has 0 heterocycles. The van der Waals surface area contributed by atoms with Crippen LogP contribution in [-0.4, -0.2) is 0 Å². The molecule has 0 atom stereocenters. The Morgan fingerprint density at radius 1 is 0.412 bits per heavy atom. The van der Waals surface area contributed by atoms with Crippen LogP contribution in [0.5, 0.6) is 0 Å². The second-order valence-corrected chi connectivity index (χ2v) is 9.21. The van der Waals surface area contributed by atoms with Gasteiger partial charge in [0.25, 0.3) is 0 Å². The summed E-state index contributed by atoms with van der Waals surface area (Å²) < 4.78 is 0. The Kier molecular flexibility index (Phi) is 3.34. The standard InChI is InChI=1S/C33H18O/c34-33-28(20-10-5-2-6-11-20)25-15-14-21-12-7-13-22-18-26-24-17-16-23(19-8-3-1-4-9-19)29(24)32(33)31(26)30(25)27(21)22/h1-18H. The third-order valence-electron chi connectivity index (χ3n) is 7.51. The highest BCUT2D eigenvalue weighted by Gasteiger charge is 2.25. The predicted molar refractivity (Wildman–Crippen MR) is 145 cm³/mol. The molecule has 34 heavy (non-hydrogen) atoms. The lowest BCUT2D eigenvalue weighted by Crippen LogP contribution is -2.06. The molecule has 0 N–H and O–H groups in total. The Morgan fingerprint density at radius 2 is 1.09 bits per heavy atom. The zero-order valence-corrected chi connectivity index (χ0v) is 18.3. The minimum absolute atomic E-state index is 0.125. The summed E-state index contributed by atoms with van der Waals surface area (Å²) in [6, 6.07) is 38.0. The first-order valence-electron chi connectivity index (χ1n) is 11.7. The van der Waals surface area contributed by atoms with Gasteiger partial charge in [0.1, 0.15) is 0 Å². The molecular formula is C33H18O. The van der Waals surface area contributed by atoms with Crippen LogP contribution in [0, 0.1) is 0 Å². The molecule has 0 radical (unpaired) electrons. The van der Waals surface area contributed by atoms with Gasteiger partial charge in [-0.25, -0.2) is 0 Å². The maximum Gasteiger partial charge on any atom is 0.195 e. The van der Waals surface area contributed by atoms with Crippen LogP contribution in [0.2, 0.25) is 0 Å². The Morgan fingerprint density at radius 3 is 1.88 bits per heavy atom. The lowest BCUT2D eigenvalue weighted by molar-refractivity contribution is 1.63. The zero-order valence-electron chi connectivity index (χ0n) is 18.3. The average Bonchev–Trinajstić information content (AvgIpc) is 3.45. The summed E-state index contributed by atoms with van der Waals surface area (Å²) in [4.78, 5) is 14.4. The van der Waals surface area contributed by atoms with E-state index in [0.717, 1.165) is 43.8 Å². The van der Waals surface area contributed by atoms with Gasteiger partial charge in [0.2, 0.25) is 0 Å². The zero-order chi connectivity index (χ0) is 22.4. The van der Waals surface area contributed by atoms with E-state index in [0.29, 0.717) is 0 Å². The predicted octanol–water partition coefficient (Wildman–Crippen LogP) is 8.46. The van der Waals surface area contributed by atoms with Crippen LogP contribution in [0.25, 0.3) is 76.1 Å². The highest BCUT2D eigenvalue weighted by atomic mass is 16.1. The molecule has 1 nitrogen and oxygen atoms in total. The normalized spacial score (nSPS) is 12.2. The lowest BCUT2D eigenvalue weighted by Gasteiger charge is -2.15. The molecule has 8 aromatic carbocycles. The van der Waals surface area contributed by atoms with Crippen LogP contribution < -0.4 is 5.43 Å². The third-order valence-corrected chi connectivity index (χ3v) is 7.51. The molecule has 0 amide bonds. The number of rotatable bonds is 2. The van der Waals surface area contributed by atoms with E-state index in [4.69, 9.17) is 0 Å². The van der Waals surface area contributed by atoms with Gasteiger partial charge in [-0.2, -0.15) is 0 Å². The van der Waals surface area contributed by atoms with Crippen molar-refractivity contribution in [2.45, 2.75) is 0 Å². The van der Waals surface area contributed by atoms with Crippen molar-refractivity contribution in [1.29, 1.82) is 0 Å². The molecule has 0 saturated heterocycles. The molecule has 0 spiro atoms. The molecule has 1 heteroatoms. The summed E-state index contributed by atoms with van der Waals surface area (Å²) in [5, 5.41) is 11.4. The molecule has 156 valence electrons. The Labute approximate surface area is 195 Å². The second kappa shape index (κ2) is 6.30. The summed E-state index contributed by atoms with van der Waals surface area (Å²) in [7, 11) is 0.